The van der Waals surface area contributed by atoms with Crippen molar-refractivity contribution in [3.05, 3.63) is 21.4 Å². The van der Waals surface area contributed by atoms with Crippen LogP contribution in [0.25, 0.3) is 0 Å². The van der Waals surface area contributed by atoms with E-state index in [-0.39, 0.29) is 36.1 Å². The molecule has 3 aliphatic rings. The van der Waals surface area contributed by atoms with Crippen molar-refractivity contribution in [3.63, 3.8) is 0 Å². The van der Waals surface area contributed by atoms with Gasteiger partial charge in [0.25, 0.3) is 5.91 Å². The van der Waals surface area contributed by atoms with Crippen LogP contribution >= 0.6 is 11.3 Å². The molecule has 0 aromatic carbocycles. The summed E-state index contributed by atoms with van der Waals surface area (Å²) in [4.78, 5) is 28.9. The van der Waals surface area contributed by atoms with Crippen LogP contribution < -0.4 is 0 Å². The van der Waals surface area contributed by atoms with E-state index in [2.05, 4.69) is 0 Å². The van der Waals surface area contributed by atoms with Gasteiger partial charge < -0.3 is 9.64 Å². The second kappa shape index (κ2) is 8.14. The van der Waals surface area contributed by atoms with Gasteiger partial charge in [-0.05, 0) is 50.2 Å². The first-order valence-corrected chi connectivity index (χ1v) is 12.9. The van der Waals surface area contributed by atoms with Crippen LogP contribution in [-0.4, -0.2) is 55.4 Å². The number of sulfone groups is 1. The number of amides is 1. The van der Waals surface area contributed by atoms with Gasteiger partial charge >= 0.3 is 5.97 Å². The zero-order valence-corrected chi connectivity index (χ0v) is 17.7. The average molecular weight is 426 g/mol. The van der Waals surface area contributed by atoms with E-state index in [9.17, 15) is 18.0 Å². The number of hydrogen-bond donors (Lipinski definition) is 0. The Morgan fingerprint density at radius 3 is 2.54 bits per heavy atom. The van der Waals surface area contributed by atoms with E-state index in [0.717, 1.165) is 51.4 Å². The van der Waals surface area contributed by atoms with Crippen molar-refractivity contribution in [2.45, 2.75) is 69.9 Å². The van der Waals surface area contributed by atoms with Gasteiger partial charge in [0, 0.05) is 17.0 Å². The predicted molar refractivity (Wildman–Crippen MR) is 107 cm³/mol. The molecule has 154 valence electrons. The van der Waals surface area contributed by atoms with Crippen molar-refractivity contribution in [1.82, 2.24) is 4.90 Å². The molecule has 1 amide bonds. The molecule has 2 heterocycles. The number of rotatable bonds is 5. The SMILES string of the molecule is O=C(OCC(=O)N(C1CCCCC1)[C@@H]1CCS(=O)(=O)C1)c1cc2c(s1)CCC2. The molecule has 28 heavy (non-hydrogen) atoms. The summed E-state index contributed by atoms with van der Waals surface area (Å²) < 4.78 is 29.2. The number of carbonyl (C=O) groups is 2. The maximum absolute atomic E-state index is 13.0. The van der Waals surface area contributed by atoms with Crippen LogP contribution in [0.2, 0.25) is 0 Å². The van der Waals surface area contributed by atoms with E-state index < -0.39 is 15.8 Å². The van der Waals surface area contributed by atoms with E-state index in [0.29, 0.717) is 11.3 Å². The Morgan fingerprint density at radius 1 is 1.07 bits per heavy atom. The molecule has 0 bridgehead atoms. The van der Waals surface area contributed by atoms with E-state index in [1.807, 2.05) is 6.07 Å². The van der Waals surface area contributed by atoms with Crippen LogP contribution in [0.5, 0.6) is 0 Å². The molecule has 2 fully saturated rings. The normalized spacial score (nSPS) is 24.1. The summed E-state index contributed by atoms with van der Waals surface area (Å²) in [6, 6.07) is 1.66. The maximum Gasteiger partial charge on any atom is 0.348 e. The Balaban J connectivity index is 1.42. The van der Waals surface area contributed by atoms with Crippen molar-refractivity contribution in [2.75, 3.05) is 18.1 Å². The highest BCUT2D eigenvalue weighted by atomic mass is 32.2. The van der Waals surface area contributed by atoms with Crippen molar-refractivity contribution in [2.24, 2.45) is 0 Å². The minimum absolute atomic E-state index is 0.0286. The summed E-state index contributed by atoms with van der Waals surface area (Å²) in [6.45, 7) is -0.311. The van der Waals surface area contributed by atoms with E-state index in [1.54, 1.807) is 4.90 Å². The van der Waals surface area contributed by atoms with E-state index in [4.69, 9.17) is 4.74 Å². The Morgan fingerprint density at radius 2 is 1.86 bits per heavy atom. The van der Waals surface area contributed by atoms with E-state index >= 15 is 0 Å². The third-order valence-corrected chi connectivity index (χ3v) is 9.10. The predicted octanol–water partition coefficient (Wildman–Crippen LogP) is 2.74. The molecule has 4 rings (SSSR count). The minimum Gasteiger partial charge on any atom is -0.451 e. The van der Waals surface area contributed by atoms with Crippen LogP contribution in [0.15, 0.2) is 6.07 Å². The first-order chi connectivity index (χ1) is 13.4. The maximum atomic E-state index is 13.0. The summed E-state index contributed by atoms with van der Waals surface area (Å²) in [6.07, 6.45) is 8.68. The van der Waals surface area contributed by atoms with Gasteiger partial charge in [0.15, 0.2) is 16.4 Å². The van der Waals surface area contributed by atoms with Gasteiger partial charge in [-0.15, -0.1) is 11.3 Å². The number of fused-ring (bicyclic) bond motifs is 1. The molecular weight excluding hydrogens is 398 g/mol. The second-order valence-corrected chi connectivity index (χ2v) is 11.5. The Hall–Kier alpha value is -1.41. The number of hydrogen-bond acceptors (Lipinski definition) is 6. The third kappa shape index (κ3) is 4.27. The number of ether oxygens (including phenoxy) is 1. The molecule has 0 unspecified atom stereocenters. The monoisotopic (exact) mass is 425 g/mol. The van der Waals surface area contributed by atoms with Gasteiger partial charge in [0.1, 0.15) is 4.88 Å². The molecule has 1 aromatic heterocycles. The summed E-state index contributed by atoms with van der Waals surface area (Å²) in [5.41, 5.74) is 1.23. The van der Waals surface area contributed by atoms with Crippen molar-refractivity contribution in [1.29, 1.82) is 0 Å². The molecule has 0 N–H and O–H groups in total. The van der Waals surface area contributed by atoms with E-state index in [1.165, 1.54) is 21.8 Å². The molecule has 0 spiro atoms. The zero-order chi connectivity index (χ0) is 19.7. The largest absolute Gasteiger partial charge is 0.451 e. The van der Waals surface area contributed by atoms with Gasteiger partial charge in [-0.3, -0.25) is 4.79 Å². The van der Waals surface area contributed by atoms with Crippen molar-refractivity contribution in [3.8, 4) is 0 Å². The summed E-state index contributed by atoms with van der Waals surface area (Å²) in [5.74, 6) is -0.544. The lowest BCUT2D eigenvalue weighted by Gasteiger charge is -2.38. The van der Waals surface area contributed by atoms with Crippen LogP contribution in [0, 0.1) is 0 Å². The molecule has 8 heteroatoms. The molecule has 1 atom stereocenters. The minimum atomic E-state index is -3.09. The Kier molecular flexibility index (Phi) is 5.78. The standard InChI is InChI=1S/C20H27NO5S2/c22-19(12-26-20(23)18-11-14-5-4-8-17(14)27-18)21(15-6-2-1-3-7-15)16-9-10-28(24,25)13-16/h11,15-16H,1-10,12-13H2/t16-/m1/s1. The molecule has 1 saturated carbocycles. The molecule has 1 aromatic rings. The lowest BCUT2D eigenvalue weighted by Crippen LogP contribution is -2.50. The summed E-state index contributed by atoms with van der Waals surface area (Å²) in [7, 11) is -3.09. The first-order valence-electron chi connectivity index (χ1n) is 10.2. The molecule has 1 aliphatic heterocycles. The molecule has 1 saturated heterocycles. The fourth-order valence-electron chi connectivity index (χ4n) is 4.76. The first kappa shape index (κ1) is 19.9. The summed E-state index contributed by atoms with van der Waals surface area (Å²) >= 11 is 1.46. The molecule has 6 nitrogen and oxygen atoms in total. The topological polar surface area (TPSA) is 80.8 Å². The fraction of sp³-hybridized carbons (Fsp3) is 0.700. The molecule has 0 radical (unpaired) electrons. The smallest absolute Gasteiger partial charge is 0.348 e. The highest BCUT2D eigenvalue weighted by Crippen LogP contribution is 2.31. The lowest BCUT2D eigenvalue weighted by molar-refractivity contribution is -0.139. The number of nitrogens with zero attached hydrogens (tertiary/aromatic N) is 1. The van der Waals surface area contributed by atoms with Gasteiger partial charge in [-0.1, -0.05) is 19.3 Å². The van der Waals surface area contributed by atoms with Crippen LogP contribution in [0.4, 0.5) is 0 Å². The Labute approximate surface area is 170 Å². The number of esters is 1. The van der Waals surface area contributed by atoms with Crippen molar-refractivity contribution < 1.29 is 22.7 Å². The second-order valence-electron chi connectivity index (χ2n) is 8.14. The van der Waals surface area contributed by atoms with Gasteiger partial charge in [-0.2, -0.15) is 0 Å². The highest BCUT2D eigenvalue weighted by Gasteiger charge is 2.38. The van der Waals surface area contributed by atoms with Crippen molar-refractivity contribution >= 4 is 33.1 Å². The van der Waals surface area contributed by atoms with Crippen LogP contribution in [-0.2, 0) is 32.2 Å². The van der Waals surface area contributed by atoms with Gasteiger partial charge in [-0.25, -0.2) is 13.2 Å². The summed E-state index contributed by atoms with van der Waals surface area (Å²) in [5, 5.41) is 0. The molecular formula is C20H27NO5S2. The quantitative estimate of drug-likeness (QED) is 0.678. The molecule has 2 aliphatic carbocycles. The van der Waals surface area contributed by atoms with Crippen LogP contribution in [0.1, 0.15) is 65.1 Å². The average Bonchev–Trinajstić information content (AvgIpc) is 3.35. The zero-order valence-electron chi connectivity index (χ0n) is 16.0. The van der Waals surface area contributed by atoms with Gasteiger partial charge in [0.2, 0.25) is 0 Å². The lowest BCUT2D eigenvalue weighted by atomic mass is 9.93. The number of aryl methyl sites for hydroxylation is 2. The number of carbonyl (C=O) groups excluding carboxylic acids is 2. The van der Waals surface area contributed by atoms with Gasteiger partial charge in [0.05, 0.1) is 11.5 Å². The highest BCUT2D eigenvalue weighted by molar-refractivity contribution is 7.91. The fourth-order valence-corrected chi connectivity index (χ4v) is 7.62. The third-order valence-electron chi connectivity index (χ3n) is 6.13. The number of thiophene rings is 1. The van der Waals surface area contributed by atoms with Crippen LogP contribution in [0.3, 0.4) is 0 Å². The Bertz CT molecular complexity index is 832.